The molecule has 0 aliphatic heterocycles. The maximum absolute atomic E-state index is 12.1. The molecule has 7 heteroatoms. The Kier molecular flexibility index (Phi) is 4.86. The number of hydrogen-bond donors (Lipinski definition) is 1. The van der Waals surface area contributed by atoms with Crippen molar-refractivity contribution in [2.75, 3.05) is 12.4 Å². The van der Waals surface area contributed by atoms with Gasteiger partial charge in [0, 0.05) is 11.9 Å². The number of aromatic nitrogens is 1. The molecule has 104 valence electrons. The van der Waals surface area contributed by atoms with Gasteiger partial charge in [-0.1, -0.05) is 23.2 Å². The van der Waals surface area contributed by atoms with Crippen LogP contribution in [0.25, 0.3) is 0 Å². The van der Waals surface area contributed by atoms with Crippen molar-refractivity contribution in [3.63, 3.8) is 0 Å². The average molecular weight is 376 g/mol. The predicted octanol–water partition coefficient (Wildman–Crippen LogP) is 4.41. The smallest absolute Gasteiger partial charge is 0.257 e. The number of nitrogens with one attached hydrogen (secondary N) is 1. The topological polar surface area (TPSA) is 51.2 Å². The van der Waals surface area contributed by atoms with Gasteiger partial charge in [-0.2, -0.15) is 0 Å². The Morgan fingerprint density at radius 2 is 2.10 bits per heavy atom. The summed E-state index contributed by atoms with van der Waals surface area (Å²) in [4.78, 5) is 15.9. The molecule has 0 bridgehead atoms. The van der Waals surface area contributed by atoms with Crippen LogP contribution < -0.4 is 10.1 Å². The summed E-state index contributed by atoms with van der Waals surface area (Å²) in [5.74, 6) is 0.310. The van der Waals surface area contributed by atoms with E-state index in [4.69, 9.17) is 27.9 Å². The van der Waals surface area contributed by atoms with Gasteiger partial charge >= 0.3 is 0 Å². The van der Waals surface area contributed by atoms with E-state index in [0.717, 1.165) is 4.47 Å². The fraction of sp³-hybridized carbons (Fsp3) is 0.0769. The van der Waals surface area contributed by atoms with Gasteiger partial charge in [0.25, 0.3) is 5.91 Å². The van der Waals surface area contributed by atoms with E-state index in [2.05, 4.69) is 26.2 Å². The van der Waals surface area contributed by atoms with Crippen LogP contribution in [0.1, 0.15) is 10.4 Å². The third kappa shape index (κ3) is 3.42. The monoisotopic (exact) mass is 374 g/mol. The Morgan fingerprint density at radius 3 is 2.75 bits per heavy atom. The Balaban J connectivity index is 2.23. The lowest BCUT2D eigenvalue weighted by Gasteiger charge is -2.09. The predicted molar refractivity (Wildman–Crippen MR) is 82.9 cm³/mol. The van der Waals surface area contributed by atoms with Crippen LogP contribution in [0.3, 0.4) is 0 Å². The molecule has 20 heavy (non-hydrogen) atoms. The molecule has 4 nitrogen and oxygen atoms in total. The molecule has 0 saturated heterocycles. The number of rotatable bonds is 3. The summed E-state index contributed by atoms with van der Waals surface area (Å²) in [6.07, 6.45) is 1.34. The summed E-state index contributed by atoms with van der Waals surface area (Å²) >= 11 is 15.0. The van der Waals surface area contributed by atoms with Crippen LogP contribution in [0.15, 0.2) is 34.9 Å². The van der Waals surface area contributed by atoms with Gasteiger partial charge in [0.1, 0.15) is 10.9 Å². The first kappa shape index (κ1) is 15.1. The van der Waals surface area contributed by atoms with Gasteiger partial charge in [-0.15, -0.1) is 0 Å². The van der Waals surface area contributed by atoms with E-state index in [1.54, 1.807) is 25.3 Å². The molecule has 0 saturated carbocycles. The molecule has 1 N–H and O–H groups in total. The lowest BCUT2D eigenvalue weighted by atomic mass is 10.2. The molecule has 1 aromatic carbocycles. The minimum Gasteiger partial charge on any atom is -0.496 e. The number of methoxy groups -OCH3 is 1. The van der Waals surface area contributed by atoms with Gasteiger partial charge in [-0.25, -0.2) is 4.98 Å². The van der Waals surface area contributed by atoms with E-state index >= 15 is 0 Å². The first-order chi connectivity index (χ1) is 9.51. The van der Waals surface area contributed by atoms with Gasteiger partial charge in [0.05, 0.1) is 22.2 Å². The zero-order valence-corrected chi connectivity index (χ0v) is 13.4. The molecule has 0 atom stereocenters. The molecular formula is C13H9BrCl2N2O2. The van der Waals surface area contributed by atoms with Crippen LogP contribution in [0.2, 0.25) is 10.2 Å². The lowest BCUT2D eigenvalue weighted by molar-refractivity contribution is 0.102. The van der Waals surface area contributed by atoms with E-state index in [0.29, 0.717) is 11.4 Å². The number of halogens is 3. The number of benzene rings is 1. The first-order valence-electron chi connectivity index (χ1n) is 5.47. The third-order valence-electron chi connectivity index (χ3n) is 2.48. The molecule has 1 heterocycles. The van der Waals surface area contributed by atoms with Crippen LogP contribution >= 0.6 is 39.1 Å². The zero-order valence-electron chi connectivity index (χ0n) is 10.3. The van der Waals surface area contributed by atoms with Gasteiger partial charge in [0.2, 0.25) is 0 Å². The maximum atomic E-state index is 12.1. The first-order valence-corrected chi connectivity index (χ1v) is 7.02. The largest absolute Gasteiger partial charge is 0.496 e. The van der Waals surface area contributed by atoms with E-state index in [1.165, 1.54) is 12.3 Å². The van der Waals surface area contributed by atoms with Gasteiger partial charge in [-0.3, -0.25) is 4.79 Å². The molecular weight excluding hydrogens is 367 g/mol. The standard InChI is InChI=1S/C13H9BrCl2N2O2/c1-20-11-3-2-7(4-9(11)14)18-13(19)8-5-12(16)17-6-10(8)15/h2-6H,1H3,(H,18,19). The normalized spacial score (nSPS) is 10.2. The Hall–Kier alpha value is -1.30. The summed E-state index contributed by atoms with van der Waals surface area (Å²) in [6, 6.07) is 6.60. The van der Waals surface area contributed by atoms with Crippen molar-refractivity contribution >= 4 is 50.7 Å². The second-order valence-electron chi connectivity index (χ2n) is 3.79. The van der Waals surface area contributed by atoms with Crippen molar-refractivity contribution in [1.82, 2.24) is 4.98 Å². The lowest BCUT2D eigenvalue weighted by Crippen LogP contribution is -2.12. The SMILES string of the molecule is COc1ccc(NC(=O)c2cc(Cl)ncc2Cl)cc1Br. The minimum absolute atomic E-state index is 0.204. The van der Waals surface area contributed by atoms with E-state index in [1.807, 2.05) is 0 Å². The highest BCUT2D eigenvalue weighted by Gasteiger charge is 2.12. The van der Waals surface area contributed by atoms with Crippen molar-refractivity contribution in [1.29, 1.82) is 0 Å². The number of ether oxygens (including phenoxy) is 1. The van der Waals surface area contributed by atoms with Crippen molar-refractivity contribution in [3.8, 4) is 5.75 Å². The van der Waals surface area contributed by atoms with Gasteiger partial charge in [0.15, 0.2) is 0 Å². The van der Waals surface area contributed by atoms with Crippen LogP contribution in [0, 0.1) is 0 Å². The summed E-state index contributed by atoms with van der Waals surface area (Å²) in [6.45, 7) is 0. The van der Waals surface area contributed by atoms with Gasteiger partial charge < -0.3 is 10.1 Å². The van der Waals surface area contributed by atoms with Crippen LogP contribution in [-0.2, 0) is 0 Å². The maximum Gasteiger partial charge on any atom is 0.257 e. The molecule has 1 amide bonds. The highest BCUT2D eigenvalue weighted by molar-refractivity contribution is 9.10. The van der Waals surface area contributed by atoms with Crippen LogP contribution in [-0.4, -0.2) is 18.0 Å². The number of anilines is 1. The molecule has 2 aromatic rings. The van der Waals surface area contributed by atoms with Crippen molar-refractivity contribution in [3.05, 3.63) is 50.7 Å². The van der Waals surface area contributed by atoms with E-state index in [9.17, 15) is 4.79 Å². The highest BCUT2D eigenvalue weighted by atomic mass is 79.9. The summed E-state index contributed by atoms with van der Waals surface area (Å²) in [5.41, 5.74) is 0.866. The molecule has 0 aliphatic carbocycles. The third-order valence-corrected chi connectivity index (χ3v) is 3.60. The number of pyridine rings is 1. The highest BCUT2D eigenvalue weighted by Crippen LogP contribution is 2.28. The molecule has 0 aliphatic rings. The van der Waals surface area contributed by atoms with Crippen molar-refractivity contribution < 1.29 is 9.53 Å². The van der Waals surface area contributed by atoms with Crippen LogP contribution in [0.5, 0.6) is 5.75 Å². The second-order valence-corrected chi connectivity index (χ2v) is 5.44. The Labute approximate surface area is 134 Å². The zero-order chi connectivity index (χ0) is 14.7. The number of nitrogens with zero attached hydrogens (tertiary/aromatic N) is 1. The molecule has 0 unspecified atom stereocenters. The van der Waals surface area contributed by atoms with Crippen LogP contribution in [0.4, 0.5) is 5.69 Å². The summed E-state index contributed by atoms with van der Waals surface area (Å²) in [5, 5.41) is 3.16. The molecule has 2 rings (SSSR count). The fourth-order valence-corrected chi connectivity index (χ4v) is 2.42. The molecule has 0 fully saturated rings. The number of hydrogen-bond acceptors (Lipinski definition) is 3. The molecule has 0 radical (unpaired) electrons. The Morgan fingerprint density at radius 1 is 1.35 bits per heavy atom. The number of carbonyl (C=O) groups is 1. The van der Waals surface area contributed by atoms with E-state index in [-0.39, 0.29) is 21.6 Å². The average Bonchev–Trinajstić information content (AvgIpc) is 2.41. The molecule has 0 spiro atoms. The molecule has 1 aromatic heterocycles. The second kappa shape index (κ2) is 6.43. The van der Waals surface area contributed by atoms with Gasteiger partial charge in [-0.05, 0) is 40.2 Å². The van der Waals surface area contributed by atoms with Crippen molar-refractivity contribution in [2.45, 2.75) is 0 Å². The van der Waals surface area contributed by atoms with Crippen molar-refractivity contribution in [2.24, 2.45) is 0 Å². The fourth-order valence-electron chi connectivity index (χ4n) is 1.53. The van der Waals surface area contributed by atoms with E-state index < -0.39 is 0 Å². The minimum atomic E-state index is -0.364. The summed E-state index contributed by atoms with van der Waals surface area (Å²) < 4.78 is 5.85. The number of carbonyl (C=O) groups excluding carboxylic acids is 1. The Bertz CT molecular complexity index is 665. The number of amides is 1. The summed E-state index contributed by atoms with van der Waals surface area (Å²) in [7, 11) is 1.57. The quantitative estimate of drug-likeness (QED) is 0.808.